The summed E-state index contributed by atoms with van der Waals surface area (Å²) >= 11 is 0. The summed E-state index contributed by atoms with van der Waals surface area (Å²) in [6, 6.07) is 15.2. The fraction of sp³-hybridized carbons (Fsp3) is 0.333. The van der Waals surface area contributed by atoms with Crippen LogP contribution < -0.4 is 15.7 Å². The van der Waals surface area contributed by atoms with Crippen LogP contribution in [0.1, 0.15) is 29.7 Å². The Hall–Kier alpha value is -3.12. The molecule has 0 fully saturated rings. The number of carbonyl (C=O) groups excluding carboxylic acids is 1. The first-order valence-corrected chi connectivity index (χ1v) is 10.1. The minimum Gasteiger partial charge on any atom is -0.484 e. The lowest BCUT2D eigenvalue weighted by Crippen LogP contribution is -2.36. The molecule has 158 valence electrons. The number of rotatable bonds is 8. The van der Waals surface area contributed by atoms with Gasteiger partial charge in [-0.2, -0.15) is 0 Å². The lowest BCUT2D eigenvalue weighted by molar-refractivity contribution is -0.123. The number of aryl methyl sites for hydroxylation is 2. The first-order valence-electron chi connectivity index (χ1n) is 10.1. The molecule has 0 aliphatic rings. The summed E-state index contributed by atoms with van der Waals surface area (Å²) in [7, 11) is 3.98. The molecule has 30 heavy (non-hydrogen) atoms. The Bertz CT molecular complexity index is 1070. The van der Waals surface area contributed by atoms with Crippen molar-refractivity contribution in [3.63, 3.8) is 0 Å². The smallest absolute Gasteiger partial charge is 0.336 e. The summed E-state index contributed by atoms with van der Waals surface area (Å²) in [4.78, 5) is 26.0. The number of amides is 1. The SMILES string of the molecule is CCc1ccc([C@H](CNC(=O)COc2ccc3c(C)cc(=O)oc3c2)N(C)C)cc1. The molecule has 6 heteroatoms. The van der Waals surface area contributed by atoms with E-state index >= 15 is 0 Å². The second-order valence-electron chi connectivity index (χ2n) is 7.57. The van der Waals surface area contributed by atoms with E-state index in [1.807, 2.05) is 27.1 Å². The van der Waals surface area contributed by atoms with Gasteiger partial charge in [-0.1, -0.05) is 31.2 Å². The number of ether oxygens (including phenoxy) is 1. The lowest BCUT2D eigenvalue weighted by Gasteiger charge is -2.25. The van der Waals surface area contributed by atoms with Crippen LogP contribution in [0.5, 0.6) is 5.75 Å². The van der Waals surface area contributed by atoms with Gasteiger partial charge in [0, 0.05) is 24.1 Å². The number of benzene rings is 2. The lowest BCUT2D eigenvalue weighted by atomic mass is 10.0. The van der Waals surface area contributed by atoms with E-state index < -0.39 is 5.63 Å². The van der Waals surface area contributed by atoms with Gasteiger partial charge in [-0.3, -0.25) is 4.79 Å². The van der Waals surface area contributed by atoms with Crippen LogP contribution in [0.25, 0.3) is 11.0 Å². The van der Waals surface area contributed by atoms with Crippen LogP contribution in [0.3, 0.4) is 0 Å². The Morgan fingerprint density at radius 3 is 2.53 bits per heavy atom. The molecular weight excluding hydrogens is 380 g/mol. The van der Waals surface area contributed by atoms with Gasteiger partial charge in [0.15, 0.2) is 6.61 Å². The predicted octanol–water partition coefficient (Wildman–Crippen LogP) is 3.46. The summed E-state index contributed by atoms with van der Waals surface area (Å²) in [6.07, 6.45) is 0.999. The van der Waals surface area contributed by atoms with Gasteiger partial charge in [0.05, 0.1) is 6.04 Å². The Kier molecular flexibility index (Phi) is 6.90. The molecule has 0 unspecified atom stereocenters. The molecule has 1 N–H and O–H groups in total. The topological polar surface area (TPSA) is 71.8 Å². The average Bonchev–Trinajstić information content (AvgIpc) is 2.72. The Morgan fingerprint density at radius 1 is 1.13 bits per heavy atom. The van der Waals surface area contributed by atoms with Crippen molar-refractivity contribution < 1.29 is 13.9 Å². The highest BCUT2D eigenvalue weighted by molar-refractivity contribution is 5.81. The quantitative estimate of drug-likeness (QED) is 0.578. The van der Waals surface area contributed by atoms with Crippen molar-refractivity contribution in [1.29, 1.82) is 0 Å². The number of nitrogens with zero attached hydrogens (tertiary/aromatic N) is 1. The average molecular weight is 408 g/mol. The van der Waals surface area contributed by atoms with E-state index in [1.165, 1.54) is 11.6 Å². The number of hydrogen-bond donors (Lipinski definition) is 1. The maximum atomic E-state index is 12.3. The molecular formula is C24H28N2O4. The molecule has 3 rings (SSSR count). The Labute approximate surface area is 176 Å². The monoisotopic (exact) mass is 408 g/mol. The molecule has 1 amide bonds. The van der Waals surface area contributed by atoms with E-state index in [0.717, 1.165) is 22.9 Å². The second kappa shape index (κ2) is 9.59. The molecule has 0 bridgehead atoms. The molecule has 2 aromatic carbocycles. The Balaban J connectivity index is 1.59. The highest BCUT2D eigenvalue weighted by Gasteiger charge is 2.15. The van der Waals surface area contributed by atoms with Crippen LogP contribution in [-0.2, 0) is 11.2 Å². The summed E-state index contributed by atoms with van der Waals surface area (Å²) < 4.78 is 10.8. The maximum Gasteiger partial charge on any atom is 0.336 e. The van der Waals surface area contributed by atoms with Crippen LogP contribution in [0.4, 0.5) is 0 Å². The molecule has 0 aliphatic carbocycles. The fourth-order valence-electron chi connectivity index (χ4n) is 3.38. The van der Waals surface area contributed by atoms with E-state index in [9.17, 15) is 9.59 Å². The number of nitrogens with one attached hydrogen (secondary N) is 1. The van der Waals surface area contributed by atoms with E-state index in [1.54, 1.807) is 12.1 Å². The summed E-state index contributed by atoms with van der Waals surface area (Å²) in [5.74, 6) is 0.267. The van der Waals surface area contributed by atoms with E-state index in [0.29, 0.717) is 17.9 Å². The summed E-state index contributed by atoms with van der Waals surface area (Å²) in [6.45, 7) is 4.34. The van der Waals surface area contributed by atoms with E-state index in [-0.39, 0.29) is 18.6 Å². The first-order chi connectivity index (χ1) is 14.4. The molecule has 0 radical (unpaired) electrons. The van der Waals surface area contributed by atoms with Crippen molar-refractivity contribution in [3.05, 3.63) is 75.6 Å². The van der Waals surface area contributed by atoms with E-state index in [4.69, 9.17) is 9.15 Å². The highest BCUT2D eigenvalue weighted by atomic mass is 16.5. The molecule has 6 nitrogen and oxygen atoms in total. The molecule has 1 atom stereocenters. The number of fused-ring (bicyclic) bond motifs is 1. The standard InChI is InChI=1S/C24H28N2O4/c1-5-17-6-8-18(9-7-17)21(26(3)4)14-25-23(27)15-29-19-10-11-20-16(2)12-24(28)30-22(20)13-19/h6-13,21H,5,14-15H2,1-4H3,(H,25,27)/t21-/m0/s1. The van der Waals surface area contributed by atoms with Gasteiger partial charge in [-0.15, -0.1) is 0 Å². The molecule has 0 saturated heterocycles. The minimum absolute atomic E-state index is 0.0674. The molecule has 3 aromatic rings. The molecule has 0 saturated carbocycles. The molecule has 1 aromatic heterocycles. The predicted molar refractivity (Wildman–Crippen MR) is 118 cm³/mol. The van der Waals surface area contributed by atoms with Gasteiger partial charge in [-0.25, -0.2) is 4.79 Å². The van der Waals surface area contributed by atoms with Crippen molar-refractivity contribution in [2.24, 2.45) is 0 Å². The molecule has 0 aliphatic heterocycles. The van der Waals surface area contributed by atoms with Crippen molar-refractivity contribution in [3.8, 4) is 5.75 Å². The normalized spacial score (nSPS) is 12.2. The number of carbonyl (C=O) groups is 1. The number of hydrogen-bond acceptors (Lipinski definition) is 5. The second-order valence-corrected chi connectivity index (χ2v) is 7.57. The highest BCUT2D eigenvalue weighted by Crippen LogP contribution is 2.22. The minimum atomic E-state index is -0.406. The van der Waals surface area contributed by atoms with Gasteiger partial charge < -0.3 is 19.4 Å². The van der Waals surface area contributed by atoms with Crippen LogP contribution in [-0.4, -0.2) is 38.1 Å². The largest absolute Gasteiger partial charge is 0.484 e. The van der Waals surface area contributed by atoms with Gasteiger partial charge in [0.1, 0.15) is 11.3 Å². The third kappa shape index (κ3) is 5.27. The zero-order chi connectivity index (χ0) is 21.7. The fourth-order valence-corrected chi connectivity index (χ4v) is 3.38. The molecule has 1 heterocycles. The van der Waals surface area contributed by atoms with Gasteiger partial charge in [0.2, 0.25) is 0 Å². The van der Waals surface area contributed by atoms with Crippen LogP contribution in [0.15, 0.2) is 57.7 Å². The van der Waals surface area contributed by atoms with Crippen LogP contribution in [0.2, 0.25) is 0 Å². The van der Waals surface area contributed by atoms with Crippen molar-refractivity contribution in [1.82, 2.24) is 10.2 Å². The van der Waals surface area contributed by atoms with Crippen molar-refractivity contribution >= 4 is 16.9 Å². The zero-order valence-corrected chi connectivity index (χ0v) is 17.9. The van der Waals surface area contributed by atoms with Crippen molar-refractivity contribution in [2.45, 2.75) is 26.3 Å². The molecule has 0 spiro atoms. The zero-order valence-electron chi connectivity index (χ0n) is 17.9. The first kappa shape index (κ1) is 21.6. The third-order valence-corrected chi connectivity index (χ3v) is 5.18. The van der Waals surface area contributed by atoms with Crippen LogP contribution in [0, 0.1) is 6.92 Å². The van der Waals surface area contributed by atoms with E-state index in [2.05, 4.69) is 41.4 Å². The third-order valence-electron chi connectivity index (χ3n) is 5.18. The summed E-state index contributed by atoms with van der Waals surface area (Å²) in [5, 5.41) is 3.78. The Morgan fingerprint density at radius 2 is 1.87 bits per heavy atom. The number of likely N-dealkylation sites (N-methyl/N-ethyl adjacent to an activating group) is 1. The van der Waals surface area contributed by atoms with Gasteiger partial charge >= 0.3 is 5.63 Å². The maximum absolute atomic E-state index is 12.3. The van der Waals surface area contributed by atoms with Gasteiger partial charge in [-0.05, 0) is 56.3 Å². The van der Waals surface area contributed by atoms with Crippen molar-refractivity contribution in [2.75, 3.05) is 27.2 Å². The van der Waals surface area contributed by atoms with Gasteiger partial charge in [0.25, 0.3) is 5.91 Å². The summed E-state index contributed by atoms with van der Waals surface area (Å²) in [5.41, 5.74) is 3.32. The van der Waals surface area contributed by atoms with Crippen LogP contribution >= 0.6 is 0 Å².